The van der Waals surface area contributed by atoms with E-state index in [1.54, 1.807) is 22.0 Å². The zero-order valence-corrected chi connectivity index (χ0v) is 16.1. The van der Waals surface area contributed by atoms with Gasteiger partial charge >= 0.3 is 6.09 Å². The zero-order valence-electron chi connectivity index (χ0n) is 16.1. The van der Waals surface area contributed by atoms with Crippen LogP contribution < -0.4 is 5.73 Å². The van der Waals surface area contributed by atoms with Gasteiger partial charge in [-0.3, -0.25) is 9.67 Å². The highest BCUT2D eigenvalue weighted by Gasteiger charge is 2.33. The number of carbonyl (C=O) groups is 1. The van der Waals surface area contributed by atoms with E-state index in [1.807, 2.05) is 33.9 Å². The summed E-state index contributed by atoms with van der Waals surface area (Å²) in [5.74, 6) is 0.373. The molecule has 146 valence electrons. The Bertz CT molecular complexity index is 783. The number of amides is 1. The molecule has 2 aromatic rings. The van der Waals surface area contributed by atoms with Crippen LogP contribution in [-0.4, -0.2) is 61.6 Å². The molecule has 0 spiro atoms. The van der Waals surface area contributed by atoms with Gasteiger partial charge in [0.25, 0.3) is 0 Å². The highest BCUT2D eigenvalue weighted by Crippen LogP contribution is 2.19. The normalized spacial score (nSPS) is 20.5. The first kappa shape index (κ1) is 19.1. The van der Waals surface area contributed by atoms with Gasteiger partial charge in [-0.15, -0.1) is 0 Å². The predicted octanol–water partition coefficient (Wildman–Crippen LogP) is 1.95. The van der Waals surface area contributed by atoms with Crippen molar-refractivity contribution < 1.29 is 14.3 Å². The number of morpholine rings is 1. The van der Waals surface area contributed by atoms with Crippen LogP contribution in [0.15, 0.2) is 24.8 Å². The topological polar surface area (TPSA) is 108 Å². The molecule has 3 heterocycles. The summed E-state index contributed by atoms with van der Waals surface area (Å²) < 4.78 is 13.2. The maximum Gasteiger partial charge on any atom is 0.410 e. The van der Waals surface area contributed by atoms with Gasteiger partial charge in [0.1, 0.15) is 11.4 Å². The maximum atomic E-state index is 12.4. The molecular weight excluding hydrogens is 348 g/mol. The van der Waals surface area contributed by atoms with Crippen LogP contribution in [0.1, 0.15) is 27.7 Å². The van der Waals surface area contributed by atoms with E-state index in [0.29, 0.717) is 31.2 Å². The molecular formula is C18H26N6O3. The van der Waals surface area contributed by atoms with Gasteiger partial charge in [-0.2, -0.15) is 5.10 Å². The van der Waals surface area contributed by atoms with Crippen molar-refractivity contribution in [1.82, 2.24) is 24.6 Å². The van der Waals surface area contributed by atoms with Crippen molar-refractivity contribution in [2.45, 2.75) is 52.0 Å². The molecule has 1 amide bonds. The Morgan fingerprint density at radius 3 is 2.78 bits per heavy atom. The lowest BCUT2D eigenvalue weighted by Gasteiger charge is -2.38. The Kier molecular flexibility index (Phi) is 5.31. The smallest absolute Gasteiger partial charge is 0.410 e. The molecule has 1 saturated heterocycles. The van der Waals surface area contributed by atoms with Crippen LogP contribution in [0.3, 0.4) is 0 Å². The number of hydrogen-bond acceptors (Lipinski definition) is 7. The first-order valence-electron chi connectivity index (χ1n) is 8.93. The lowest BCUT2D eigenvalue weighted by atomic mass is 10.2. The van der Waals surface area contributed by atoms with Crippen molar-refractivity contribution >= 4 is 11.9 Å². The van der Waals surface area contributed by atoms with E-state index in [2.05, 4.69) is 15.1 Å². The van der Waals surface area contributed by atoms with E-state index in [9.17, 15) is 4.79 Å². The van der Waals surface area contributed by atoms with Crippen molar-refractivity contribution in [1.29, 1.82) is 0 Å². The first-order valence-corrected chi connectivity index (χ1v) is 8.93. The monoisotopic (exact) mass is 374 g/mol. The Labute approximate surface area is 158 Å². The van der Waals surface area contributed by atoms with Crippen molar-refractivity contribution in [3.05, 3.63) is 24.8 Å². The number of nitrogen functional groups attached to an aromatic ring is 1. The predicted molar refractivity (Wildman–Crippen MR) is 99.8 cm³/mol. The van der Waals surface area contributed by atoms with Crippen molar-refractivity contribution in [3.8, 4) is 11.3 Å². The molecule has 0 unspecified atom stereocenters. The molecule has 2 atom stereocenters. The summed E-state index contributed by atoms with van der Waals surface area (Å²) in [6.07, 6.45) is 6.23. The lowest BCUT2D eigenvalue weighted by molar-refractivity contribution is -0.0711. The Hall–Kier alpha value is -2.68. The van der Waals surface area contributed by atoms with E-state index in [1.165, 1.54) is 6.20 Å². The quantitative estimate of drug-likeness (QED) is 0.874. The van der Waals surface area contributed by atoms with Gasteiger partial charge in [-0.1, -0.05) is 0 Å². The highest BCUT2D eigenvalue weighted by atomic mass is 16.6. The van der Waals surface area contributed by atoms with Gasteiger partial charge in [0.05, 0.1) is 56.1 Å². The SMILES string of the molecule is C[C@@H]1CO[C@H](Cn2cc(-c3cnc(N)cn3)cn2)CN1C(=O)OC(C)(C)C. The summed E-state index contributed by atoms with van der Waals surface area (Å²) in [5.41, 5.74) is 6.58. The molecule has 3 rings (SSSR count). The van der Waals surface area contributed by atoms with Gasteiger partial charge in [0, 0.05) is 11.8 Å². The molecule has 1 aliphatic heterocycles. The second-order valence-electron chi connectivity index (χ2n) is 7.71. The van der Waals surface area contributed by atoms with Crippen LogP contribution in [0.5, 0.6) is 0 Å². The van der Waals surface area contributed by atoms with Crippen LogP contribution >= 0.6 is 0 Å². The molecule has 2 N–H and O–H groups in total. The van der Waals surface area contributed by atoms with Gasteiger partial charge in [-0.25, -0.2) is 9.78 Å². The van der Waals surface area contributed by atoms with E-state index in [-0.39, 0.29) is 18.2 Å². The zero-order chi connectivity index (χ0) is 19.6. The van der Waals surface area contributed by atoms with Crippen molar-refractivity contribution in [2.75, 3.05) is 18.9 Å². The van der Waals surface area contributed by atoms with Gasteiger partial charge in [0.2, 0.25) is 0 Å². The molecule has 1 fully saturated rings. The average molecular weight is 374 g/mol. The minimum absolute atomic E-state index is 0.0330. The Morgan fingerprint density at radius 2 is 2.11 bits per heavy atom. The summed E-state index contributed by atoms with van der Waals surface area (Å²) in [5, 5.41) is 4.36. The summed E-state index contributed by atoms with van der Waals surface area (Å²) in [7, 11) is 0. The van der Waals surface area contributed by atoms with Crippen molar-refractivity contribution in [2.24, 2.45) is 0 Å². The largest absolute Gasteiger partial charge is 0.444 e. The fourth-order valence-electron chi connectivity index (χ4n) is 2.79. The number of rotatable bonds is 3. The number of nitrogens with zero attached hydrogens (tertiary/aromatic N) is 5. The van der Waals surface area contributed by atoms with E-state index in [0.717, 1.165) is 5.56 Å². The Balaban J connectivity index is 1.64. The summed E-state index contributed by atoms with van der Waals surface area (Å²) in [4.78, 5) is 22.4. The number of nitrogens with two attached hydrogens (primary N) is 1. The minimum Gasteiger partial charge on any atom is -0.444 e. The van der Waals surface area contributed by atoms with Crippen LogP contribution in [0.25, 0.3) is 11.3 Å². The molecule has 0 radical (unpaired) electrons. The third-order valence-corrected chi connectivity index (χ3v) is 4.13. The number of hydrogen-bond donors (Lipinski definition) is 1. The molecule has 0 saturated carbocycles. The summed E-state index contributed by atoms with van der Waals surface area (Å²) >= 11 is 0. The third kappa shape index (κ3) is 4.94. The van der Waals surface area contributed by atoms with Crippen LogP contribution in [-0.2, 0) is 16.0 Å². The molecule has 1 aliphatic rings. The number of carbonyl (C=O) groups excluding carboxylic acids is 1. The summed E-state index contributed by atoms with van der Waals surface area (Å²) in [6.45, 7) is 8.96. The third-order valence-electron chi connectivity index (χ3n) is 4.13. The highest BCUT2D eigenvalue weighted by molar-refractivity contribution is 5.68. The van der Waals surface area contributed by atoms with Gasteiger partial charge in [0.15, 0.2) is 0 Å². The Morgan fingerprint density at radius 1 is 1.33 bits per heavy atom. The molecule has 9 nitrogen and oxygen atoms in total. The summed E-state index contributed by atoms with van der Waals surface area (Å²) in [6, 6.07) is -0.0330. The molecule has 0 aliphatic carbocycles. The van der Waals surface area contributed by atoms with E-state index >= 15 is 0 Å². The number of aromatic nitrogens is 4. The van der Waals surface area contributed by atoms with Crippen LogP contribution in [0.2, 0.25) is 0 Å². The van der Waals surface area contributed by atoms with Crippen molar-refractivity contribution in [3.63, 3.8) is 0 Å². The van der Waals surface area contributed by atoms with E-state index < -0.39 is 5.60 Å². The molecule has 27 heavy (non-hydrogen) atoms. The number of anilines is 1. The molecule has 2 aromatic heterocycles. The average Bonchev–Trinajstić information content (AvgIpc) is 3.04. The number of ether oxygens (including phenoxy) is 2. The molecule has 0 bridgehead atoms. The fraction of sp³-hybridized carbons (Fsp3) is 0.556. The standard InChI is InChI=1S/C18H26N6O3/c1-12-11-26-14(10-24(12)17(25)27-18(2,3)4)9-23-8-13(5-22-23)15-6-21-16(19)7-20-15/h5-8,12,14H,9-11H2,1-4H3,(H2,19,21)/t12-,14-/m1/s1. The van der Waals surface area contributed by atoms with E-state index in [4.69, 9.17) is 15.2 Å². The minimum atomic E-state index is -0.526. The van der Waals surface area contributed by atoms with Gasteiger partial charge in [-0.05, 0) is 27.7 Å². The second-order valence-corrected chi connectivity index (χ2v) is 7.71. The maximum absolute atomic E-state index is 12.4. The lowest BCUT2D eigenvalue weighted by Crippen LogP contribution is -2.53. The molecule has 0 aromatic carbocycles. The van der Waals surface area contributed by atoms with Crippen LogP contribution in [0, 0.1) is 0 Å². The van der Waals surface area contributed by atoms with Gasteiger partial charge < -0.3 is 20.1 Å². The second kappa shape index (κ2) is 7.51. The van der Waals surface area contributed by atoms with Crippen LogP contribution in [0.4, 0.5) is 10.6 Å². The first-order chi connectivity index (χ1) is 12.7. The fourth-order valence-corrected chi connectivity index (χ4v) is 2.79. The molecule has 9 heteroatoms.